The van der Waals surface area contributed by atoms with Crippen molar-refractivity contribution in [3.8, 4) is 0 Å². The maximum Gasteiger partial charge on any atom is 0.248 e. The first kappa shape index (κ1) is 8.26. The highest BCUT2D eigenvalue weighted by molar-refractivity contribution is 7.17. The molecule has 0 spiro atoms. The molecular formula is C10H9NOS. The zero-order valence-electron chi connectivity index (χ0n) is 7.20. The minimum absolute atomic E-state index is 0.368. The molecule has 0 radical (unpaired) electrons. The van der Waals surface area contributed by atoms with Gasteiger partial charge in [0.25, 0.3) is 0 Å². The molecule has 3 heteroatoms. The third-order valence-electron chi connectivity index (χ3n) is 2.05. The molecule has 0 aliphatic carbocycles. The first-order valence-corrected chi connectivity index (χ1v) is 4.84. The second-order valence-corrected chi connectivity index (χ2v) is 3.91. The van der Waals surface area contributed by atoms with Gasteiger partial charge < -0.3 is 5.73 Å². The van der Waals surface area contributed by atoms with Gasteiger partial charge in [-0.3, -0.25) is 4.79 Å². The fraction of sp³-hybridized carbons (Fsp3) is 0.100. The molecule has 13 heavy (non-hydrogen) atoms. The van der Waals surface area contributed by atoms with Gasteiger partial charge >= 0.3 is 0 Å². The fourth-order valence-corrected chi connectivity index (χ4v) is 2.23. The second-order valence-electron chi connectivity index (χ2n) is 2.99. The van der Waals surface area contributed by atoms with Gasteiger partial charge in [0, 0.05) is 10.3 Å². The predicted molar refractivity (Wildman–Crippen MR) is 55.1 cm³/mol. The van der Waals surface area contributed by atoms with Gasteiger partial charge in [0.15, 0.2) is 0 Å². The van der Waals surface area contributed by atoms with E-state index in [1.165, 1.54) is 10.3 Å². The quantitative estimate of drug-likeness (QED) is 0.738. The maximum atomic E-state index is 10.9. The van der Waals surface area contributed by atoms with Crippen LogP contribution in [0.25, 0.3) is 10.1 Å². The molecule has 0 atom stereocenters. The van der Waals surface area contributed by atoms with E-state index >= 15 is 0 Å². The van der Waals surface area contributed by atoms with Crippen LogP contribution >= 0.6 is 11.3 Å². The van der Waals surface area contributed by atoms with Crippen LogP contribution < -0.4 is 5.73 Å². The first-order valence-electron chi connectivity index (χ1n) is 3.96. The predicted octanol–water partition coefficient (Wildman–Crippen LogP) is 2.31. The topological polar surface area (TPSA) is 43.1 Å². The highest BCUT2D eigenvalue weighted by Crippen LogP contribution is 2.25. The fourth-order valence-electron chi connectivity index (χ4n) is 1.31. The normalized spacial score (nSPS) is 10.5. The van der Waals surface area contributed by atoms with E-state index in [0.29, 0.717) is 5.56 Å². The molecule has 1 heterocycles. The van der Waals surface area contributed by atoms with E-state index in [9.17, 15) is 4.79 Å². The number of benzene rings is 1. The molecule has 0 aliphatic rings. The molecule has 0 saturated heterocycles. The average Bonchev–Trinajstić information content (AvgIpc) is 2.47. The number of aryl methyl sites for hydroxylation is 1. The van der Waals surface area contributed by atoms with Gasteiger partial charge in [0.2, 0.25) is 5.91 Å². The molecule has 1 amide bonds. The van der Waals surface area contributed by atoms with Crippen molar-refractivity contribution < 1.29 is 4.79 Å². The Morgan fingerprint density at radius 1 is 1.46 bits per heavy atom. The molecule has 2 aromatic rings. The third kappa shape index (κ3) is 1.31. The molecule has 1 aromatic carbocycles. The summed E-state index contributed by atoms with van der Waals surface area (Å²) in [6.07, 6.45) is 0. The molecule has 66 valence electrons. The number of rotatable bonds is 1. The van der Waals surface area contributed by atoms with E-state index in [-0.39, 0.29) is 5.91 Å². The Morgan fingerprint density at radius 3 is 2.92 bits per heavy atom. The summed E-state index contributed by atoms with van der Waals surface area (Å²) in [6, 6.07) is 5.55. The summed E-state index contributed by atoms with van der Waals surface area (Å²) < 4.78 is 1.20. The Morgan fingerprint density at radius 2 is 2.23 bits per heavy atom. The number of thiophene rings is 1. The summed E-state index contributed by atoms with van der Waals surface area (Å²) >= 11 is 1.68. The van der Waals surface area contributed by atoms with Crippen molar-refractivity contribution in [1.29, 1.82) is 0 Å². The van der Waals surface area contributed by atoms with E-state index in [0.717, 1.165) is 5.39 Å². The zero-order valence-corrected chi connectivity index (χ0v) is 8.02. The number of fused-ring (bicyclic) bond motifs is 1. The van der Waals surface area contributed by atoms with Gasteiger partial charge in [0.05, 0.1) is 0 Å². The van der Waals surface area contributed by atoms with Gasteiger partial charge in [-0.2, -0.15) is 0 Å². The Hall–Kier alpha value is -1.35. The number of nitrogens with two attached hydrogens (primary N) is 1. The molecule has 0 bridgehead atoms. The second kappa shape index (κ2) is 2.85. The number of hydrogen-bond donors (Lipinski definition) is 1. The van der Waals surface area contributed by atoms with Crippen molar-refractivity contribution in [2.75, 3.05) is 0 Å². The van der Waals surface area contributed by atoms with Crippen LogP contribution in [-0.4, -0.2) is 5.91 Å². The van der Waals surface area contributed by atoms with Crippen LogP contribution in [0, 0.1) is 6.92 Å². The van der Waals surface area contributed by atoms with Gasteiger partial charge in [0.1, 0.15) is 0 Å². The van der Waals surface area contributed by atoms with Crippen LogP contribution in [-0.2, 0) is 0 Å². The largest absolute Gasteiger partial charge is 0.366 e. The van der Waals surface area contributed by atoms with Gasteiger partial charge in [-0.1, -0.05) is 0 Å². The number of hydrogen-bond acceptors (Lipinski definition) is 2. The van der Waals surface area contributed by atoms with Crippen molar-refractivity contribution in [3.05, 3.63) is 34.7 Å². The van der Waals surface area contributed by atoms with Crippen molar-refractivity contribution in [1.82, 2.24) is 0 Å². The van der Waals surface area contributed by atoms with Gasteiger partial charge in [-0.15, -0.1) is 11.3 Å². The SMILES string of the molecule is Cc1csc2ccc(C(N)=O)cc12. The molecule has 0 fully saturated rings. The smallest absolute Gasteiger partial charge is 0.248 e. The molecule has 0 aliphatic heterocycles. The van der Waals surface area contributed by atoms with Crippen molar-refractivity contribution in [2.45, 2.75) is 6.92 Å². The Bertz CT molecular complexity index is 473. The monoisotopic (exact) mass is 191 g/mol. The Balaban J connectivity index is 2.72. The van der Waals surface area contributed by atoms with Crippen LogP contribution in [0.4, 0.5) is 0 Å². The summed E-state index contributed by atoms with van der Waals surface area (Å²) in [5.41, 5.74) is 6.96. The molecule has 1 aromatic heterocycles. The summed E-state index contributed by atoms with van der Waals surface area (Å²) in [7, 11) is 0. The summed E-state index contributed by atoms with van der Waals surface area (Å²) in [6.45, 7) is 2.03. The molecular weight excluding hydrogens is 182 g/mol. The third-order valence-corrected chi connectivity index (χ3v) is 3.13. The summed E-state index contributed by atoms with van der Waals surface area (Å²) in [5, 5.41) is 3.21. The Kier molecular flexibility index (Phi) is 1.81. The van der Waals surface area contributed by atoms with E-state index < -0.39 is 0 Å². The standard InChI is InChI=1S/C10H9NOS/c1-6-5-13-9-3-2-7(10(11)12)4-8(6)9/h2-5H,1H3,(H2,11,12). The number of primary amides is 1. The zero-order chi connectivity index (χ0) is 9.42. The van der Waals surface area contributed by atoms with Crippen molar-refractivity contribution in [3.63, 3.8) is 0 Å². The van der Waals surface area contributed by atoms with Gasteiger partial charge in [-0.25, -0.2) is 0 Å². The molecule has 2 nitrogen and oxygen atoms in total. The van der Waals surface area contributed by atoms with Crippen LogP contribution in [0.1, 0.15) is 15.9 Å². The lowest BCUT2D eigenvalue weighted by Crippen LogP contribution is -2.10. The molecule has 2 N–H and O–H groups in total. The van der Waals surface area contributed by atoms with E-state index in [2.05, 4.69) is 5.38 Å². The number of amides is 1. The van der Waals surface area contributed by atoms with E-state index in [1.54, 1.807) is 17.4 Å². The van der Waals surface area contributed by atoms with Crippen LogP contribution in [0.3, 0.4) is 0 Å². The molecule has 2 rings (SSSR count). The minimum atomic E-state index is -0.368. The van der Waals surface area contributed by atoms with Crippen LogP contribution in [0.5, 0.6) is 0 Å². The van der Waals surface area contributed by atoms with Crippen molar-refractivity contribution in [2.24, 2.45) is 5.73 Å². The van der Waals surface area contributed by atoms with Crippen molar-refractivity contribution >= 4 is 27.3 Å². The molecule has 0 saturated carbocycles. The lowest BCUT2D eigenvalue weighted by atomic mass is 10.1. The molecule has 0 unspecified atom stereocenters. The summed E-state index contributed by atoms with van der Waals surface area (Å²) in [4.78, 5) is 10.9. The highest BCUT2D eigenvalue weighted by Gasteiger charge is 2.04. The first-order chi connectivity index (χ1) is 6.18. The van der Waals surface area contributed by atoms with Crippen LogP contribution in [0.2, 0.25) is 0 Å². The van der Waals surface area contributed by atoms with Gasteiger partial charge in [-0.05, 0) is 41.5 Å². The lowest BCUT2D eigenvalue weighted by molar-refractivity contribution is 0.100. The number of carbonyl (C=O) groups excluding carboxylic acids is 1. The number of carbonyl (C=O) groups is 1. The summed E-state index contributed by atoms with van der Waals surface area (Å²) in [5.74, 6) is -0.368. The van der Waals surface area contributed by atoms with E-state index in [4.69, 9.17) is 5.73 Å². The maximum absolute atomic E-state index is 10.9. The lowest BCUT2D eigenvalue weighted by Gasteiger charge is -1.95. The highest BCUT2D eigenvalue weighted by atomic mass is 32.1. The van der Waals surface area contributed by atoms with Crippen LogP contribution in [0.15, 0.2) is 23.6 Å². The minimum Gasteiger partial charge on any atom is -0.366 e. The van der Waals surface area contributed by atoms with E-state index in [1.807, 2.05) is 19.1 Å². The average molecular weight is 191 g/mol. The Labute approximate surface area is 80.0 Å².